The Labute approximate surface area is 178 Å². The molecule has 1 fully saturated rings. The first-order valence-electron chi connectivity index (χ1n) is 10.1. The van der Waals surface area contributed by atoms with Crippen molar-refractivity contribution < 1.29 is 22.8 Å². The molecule has 6 nitrogen and oxygen atoms in total. The van der Waals surface area contributed by atoms with Gasteiger partial charge < -0.3 is 16.0 Å². The molecule has 0 bridgehead atoms. The van der Waals surface area contributed by atoms with E-state index in [0.717, 1.165) is 30.7 Å². The summed E-state index contributed by atoms with van der Waals surface area (Å²) in [5.74, 6) is -0.207. The van der Waals surface area contributed by atoms with E-state index in [0.29, 0.717) is 30.9 Å². The Balaban J connectivity index is 1.48. The van der Waals surface area contributed by atoms with Crippen molar-refractivity contribution in [1.29, 1.82) is 0 Å². The molecule has 2 aromatic carbocycles. The Morgan fingerprint density at radius 2 is 1.87 bits per heavy atom. The van der Waals surface area contributed by atoms with E-state index in [2.05, 4.69) is 20.9 Å². The lowest BCUT2D eigenvalue weighted by molar-refractivity contribution is -0.137. The van der Waals surface area contributed by atoms with E-state index in [1.807, 2.05) is 6.92 Å². The number of rotatable bonds is 6. The molecule has 1 atom stereocenters. The van der Waals surface area contributed by atoms with Crippen LogP contribution in [0.15, 0.2) is 48.5 Å². The highest BCUT2D eigenvalue weighted by Crippen LogP contribution is 2.29. The van der Waals surface area contributed by atoms with Crippen LogP contribution in [0.25, 0.3) is 0 Å². The van der Waals surface area contributed by atoms with Crippen LogP contribution >= 0.6 is 0 Å². The molecule has 9 heteroatoms. The first kappa shape index (κ1) is 22.6. The van der Waals surface area contributed by atoms with Crippen LogP contribution in [0.1, 0.15) is 34.8 Å². The van der Waals surface area contributed by atoms with Crippen LogP contribution in [0.2, 0.25) is 0 Å². The number of hydrogen-bond acceptors (Lipinski definition) is 3. The van der Waals surface area contributed by atoms with Crippen LogP contribution in [0.3, 0.4) is 0 Å². The van der Waals surface area contributed by atoms with Gasteiger partial charge in [0.15, 0.2) is 0 Å². The number of urea groups is 1. The van der Waals surface area contributed by atoms with Gasteiger partial charge in [-0.2, -0.15) is 13.2 Å². The number of hydrogen-bond donors (Lipinski definition) is 3. The summed E-state index contributed by atoms with van der Waals surface area (Å²) < 4.78 is 38.0. The van der Waals surface area contributed by atoms with Crippen LogP contribution in [0, 0.1) is 0 Å². The Kier molecular flexibility index (Phi) is 7.17. The number of nitrogens with zero attached hydrogens (tertiary/aromatic N) is 1. The fraction of sp³-hybridized carbons (Fsp3) is 0.364. The van der Waals surface area contributed by atoms with Gasteiger partial charge in [-0.1, -0.05) is 18.2 Å². The fourth-order valence-corrected chi connectivity index (χ4v) is 3.50. The summed E-state index contributed by atoms with van der Waals surface area (Å²) >= 11 is 0. The van der Waals surface area contributed by atoms with E-state index in [1.165, 1.54) is 12.1 Å². The lowest BCUT2D eigenvalue weighted by Crippen LogP contribution is -2.39. The molecule has 1 aliphatic rings. The highest BCUT2D eigenvalue weighted by Gasteiger charge is 2.30. The molecule has 0 radical (unpaired) electrons. The molecular weight excluding hydrogens is 409 g/mol. The van der Waals surface area contributed by atoms with Crippen molar-refractivity contribution in [3.63, 3.8) is 0 Å². The van der Waals surface area contributed by atoms with Crippen LogP contribution in [0.5, 0.6) is 0 Å². The zero-order chi connectivity index (χ0) is 22.4. The van der Waals surface area contributed by atoms with E-state index in [-0.39, 0.29) is 18.0 Å². The van der Waals surface area contributed by atoms with Gasteiger partial charge in [-0.15, -0.1) is 0 Å². The Hall–Kier alpha value is -3.07. The normalized spacial score (nSPS) is 16.7. The maximum Gasteiger partial charge on any atom is 0.416 e. The number of carbonyl (C=O) groups is 2. The standard InChI is InChI=1S/C22H25F3N4O2/c1-2-26-20(30)16-4-3-5-18(12-16)27-21(31)28-19-10-11-29(14-19)13-15-6-8-17(9-7-15)22(23,24)25/h3-9,12,19H,2,10-11,13-14H2,1H3,(H,26,30)(H2,27,28,31). The maximum atomic E-state index is 12.7. The molecule has 166 valence electrons. The second-order valence-electron chi connectivity index (χ2n) is 7.45. The molecule has 31 heavy (non-hydrogen) atoms. The summed E-state index contributed by atoms with van der Waals surface area (Å²) in [7, 11) is 0. The van der Waals surface area contributed by atoms with Crippen LogP contribution < -0.4 is 16.0 Å². The molecular formula is C22H25F3N4O2. The number of anilines is 1. The molecule has 0 aliphatic carbocycles. The van der Waals surface area contributed by atoms with Gasteiger partial charge >= 0.3 is 12.2 Å². The number of halogens is 3. The lowest BCUT2D eigenvalue weighted by Gasteiger charge is -2.17. The van der Waals surface area contributed by atoms with E-state index in [1.54, 1.807) is 24.3 Å². The fourth-order valence-electron chi connectivity index (χ4n) is 3.50. The average molecular weight is 434 g/mol. The lowest BCUT2D eigenvalue weighted by atomic mass is 10.1. The summed E-state index contributed by atoms with van der Waals surface area (Å²) in [5, 5.41) is 8.35. The average Bonchev–Trinajstić information content (AvgIpc) is 3.14. The van der Waals surface area contributed by atoms with Crippen LogP contribution in [0.4, 0.5) is 23.7 Å². The predicted octanol–water partition coefficient (Wildman–Crippen LogP) is 3.85. The summed E-state index contributed by atoms with van der Waals surface area (Å²) in [6.45, 7) is 4.20. The number of benzene rings is 2. The first-order chi connectivity index (χ1) is 14.7. The molecule has 1 aliphatic heterocycles. The number of nitrogens with one attached hydrogen (secondary N) is 3. The van der Waals surface area contributed by atoms with Gasteiger partial charge in [0.2, 0.25) is 0 Å². The number of carbonyl (C=O) groups excluding carboxylic acids is 2. The monoisotopic (exact) mass is 434 g/mol. The van der Waals surface area contributed by atoms with Crippen molar-refractivity contribution in [3.05, 3.63) is 65.2 Å². The summed E-state index contributed by atoms with van der Waals surface area (Å²) in [6.07, 6.45) is -3.60. The molecule has 1 saturated heterocycles. The van der Waals surface area contributed by atoms with Gasteiger partial charge in [0.05, 0.1) is 5.56 Å². The van der Waals surface area contributed by atoms with Gasteiger partial charge in [0, 0.05) is 43.5 Å². The second kappa shape index (κ2) is 9.82. The molecule has 3 amide bonds. The van der Waals surface area contributed by atoms with E-state index in [4.69, 9.17) is 0 Å². The smallest absolute Gasteiger partial charge is 0.352 e. The Morgan fingerprint density at radius 1 is 1.13 bits per heavy atom. The minimum absolute atomic E-state index is 0.0685. The zero-order valence-corrected chi connectivity index (χ0v) is 17.1. The summed E-state index contributed by atoms with van der Waals surface area (Å²) in [5.41, 5.74) is 1.11. The number of alkyl halides is 3. The molecule has 1 unspecified atom stereocenters. The number of amides is 3. The maximum absolute atomic E-state index is 12.7. The molecule has 0 aromatic heterocycles. The topological polar surface area (TPSA) is 73.5 Å². The number of likely N-dealkylation sites (tertiary alicyclic amines) is 1. The summed E-state index contributed by atoms with van der Waals surface area (Å²) in [4.78, 5) is 26.3. The third kappa shape index (κ3) is 6.45. The van der Waals surface area contributed by atoms with Gasteiger partial charge in [-0.05, 0) is 49.2 Å². The van der Waals surface area contributed by atoms with Gasteiger partial charge in [0.1, 0.15) is 0 Å². The van der Waals surface area contributed by atoms with Crippen molar-refractivity contribution in [1.82, 2.24) is 15.5 Å². The second-order valence-corrected chi connectivity index (χ2v) is 7.45. The van der Waals surface area contributed by atoms with E-state index < -0.39 is 11.7 Å². The zero-order valence-electron chi connectivity index (χ0n) is 17.1. The van der Waals surface area contributed by atoms with Crippen LogP contribution in [-0.4, -0.2) is 42.5 Å². The quantitative estimate of drug-likeness (QED) is 0.647. The van der Waals surface area contributed by atoms with Crippen molar-refractivity contribution >= 4 is 17.6 Å². The molecule has 0 spiro atoms. The van der Waals surface area contributed by atoms with Gasteiger partial charge in [-0.25, -0.2) is 4.79 Å². The molecule has 3 N–H and O–H groups in total. The van der Waals surface area contributed by atoms with E-state index in [9.17, 15) is 22.8 Å². The third-order valence-corrected chi connectivity index (χ3v) is 5.01. The molecule has 0 saturated carbocycles. The molecule has 3 rings (SSSR count). The molecule has 1 heterocycles. The third-order valence-electron chi connectivity index (χ3n) is 5.01. The highest BCUT2D eigenvalue weighted by atomic mass is 19.4. The van der Waals surface area contributed by atoms with Crippen LogP contribution in [-0.2, 0) is 12.7 Å². The van der Waals surface area contributed by atoms with Crippen molar-refractivity contribution in [3.8, 4) is 0 Å². The summed E-state index contributed by atoms with van der Waals surface area (Å²) in [6, 6.07) is 11.4. The minimum atomic E-state index is -4.34. The SMILES string of the molecule is CCNC(=O)c1cccc(NC(=O)NC2CCN(Cc3ccc(C(F)(F)F)cc3)C2)c1. The first-order valence-corrected chi connectivity index (χ1v) is 10.1. The van der Waals surface area contributed by atoms with Gasteiger partial charge in [0.25, 0.3) is 5.91 Å². The van der Waals surface area contributed by atoms with Crippen molar-refractivity contribution in [2.24, 2.45) is 0 Å². The van der Waals surface area contributed by atoms with Crippen molar-refractivity contribution in [2.45, 2.75) is 32.1 Å². The molecule has 2 aromatic rings. The Bertz CT molecular complexity index is 916. The minimum Gasteiger partial charge on any atom is -0.352 e. The van der Waals surface area contributed by atoms with E-state index >= 15 is 0 Å². The highest BCUT2D eigenvalue weighted by molar-refractivity contribution is 5.96. The van der Waals surface area contributed by atoms with Gasteiger partial charge in [-0.3, -0.25) is 9.69 Å². The predicted molar refractivity (Wildman–Crippen MR) is 112 cm³/mol. The van der Waals surface area contributed by atoms with Crippen molar-refractivity contribution in [2.75, 3.05) is 25.0 Å². The Morgan fingerprint density at radius 3 is 2.55 bits per heavy atom. The largest absolute Gasteiger partial charge is 0.416 e.